The molecule has 1 saturated carbocycles. The Morgan fingerprint density at radius 2 is 1.87 bits per heavy atom. The average Bonchev–Trinajstić information content (AvgIpc) is 3.26. The Morgan fingerprint density at radius 1 is 1.17 bits per heavy atom. The number of carbonyl (C=O) groups excluding carboxylic acids is 1. The van der Waals surface area contributed by atoms with Crippen molar-refractivity contribution in [3.05, 3.63) is 53.3 Å². The molecular formula is C18H23N3O2. The molecule has 1 amide bonds. The van der Waals surface area contributed by atoms with Crippen LogP contribution in [-0.2, 0) is 13.0 Å². The lowest BCUT2D eigenvalue weighted by Crippen LogP contribution is -2.26. The van der Waals surface area contributed by atoms with Gasteiger partial charge in [-0.1, -0.05) is 37.1 Å². The number of nitrogens with zero attached hydrogens (tertiary/aromatic N) is 2. The number of benzene rings is 1. The first-order valence-corrected chi connectivity index (χ1v) is 8.28. The van der Waals surface area contributed by atoms with Crippen molar-refractivity contribution < 1.29 is 9.90 Å². The molecule has 0 radical (unpaired) electrons. The molecule has 0 unspecified atom stereocenters. The molecule has 122 valence electrons. The standard InChI is InChI=1S/C18H23N3O2/c22-13-15-7-5-14(6-8-15)9-11-19-18(23)17-10-12-21(20-17)16-3-1-2-4-16/h5-8,10,12,16,22H,1-4,9,11,13H2,(H,19,23). The second-order valence-electron chi connectivity index (χ2n) is 6.10. The minimum Gasteiger partial charge on any atom is -0.392 e. The monoisotopic (exact) mass is 313 g/mol. The van der Waals surface area contributed by atoms with Gasteiger partial charge in [-0.25, -0.2) is 0 Å². The molecule has 1 heterocycles. The number of hydrogen-bond donors (Lipinski definition) is 2. The number of carbonyl (C=O) groups is 1. The molecule has 1 fully saturated rings. The molecule has 1 aromatic carbocycles. The van der Waals surface area contributed by atoms with Gasteiger partial charge in [0, 0.05) is 12.7 Å². The number of aromatic nitrogens is 2. The van der Waals surface area contributed by atoms with Crippen molar-refractivity contribution in [1.82, 2.24) is 15.1 Å². The fourth-order valence-electron chi connectivity index (χ4n) is 3.05. The maximum atomic E-state index is 12.1. The number of amides is 1. The van der Waals surface area contributed by atoms with E-state index in [1.165, 1.54) is 12.8 Å². The minimum absolute atomic E-state index is 0.0562. The summed E-state index contributed by atoms with van der Waals surface area (Å²) in [6, 6.07) is 10.0. The molecule has 0 spiro atoms. The second kappa shape index (κ2) is 7.42. The highest BCUT2D eigenvalue weighted by Crippen LogP contribution is 2.28. The van der Waals surface area contributed by atoms with Gasteiger partial charge < -0.3 is 10.4 Å². The molecule has 23 heavy (non-hydrogen) atoms. The van der Waals surface area contributed by atoms with Crippen LogP contribution in [0.2, 0.25) is 0 Å². The molecule has 2 N–H and O–H groups in total. The predicted molar refractivity (Wildman–Crippen MR) is 88.1 cm³/mol. The Morgan fingerprint density at radius 3 is 2.57 bits per heavy atom. The number of nitrogens with one attached hydrogen (secondary N) is 1. The van der Waals surface area contributed by atoms with Crippen molar-refractivity contribution in [2.24, 2.45) is 0 Å². The summed E-state index contributed by atoms with van der Waals surface area (Å²) in [5, 5.41) is 16.4. The van der Waals surface area contributed by atoms with Crippen LogP contribution in [0.15, 0.2) is 36.5 Å². The van der Waals surface area contributed by atoms with Gasteiger partial charge in [-0.2, -0.15) is 5.10 Å². The summed E-state index contributed by atoms with van der Waals surface area (Å²) >= 11 is 0. The summed E-state index contributed by atoms with van der Waals surface area (Å²) < 4.78 is 1.94. The van der Waals surface area contributed by atoms with Gasteiger partial charge in [-0.15, -0.1) is 0 Å². The average molecular weight is 313 g/mol. The fraction of sp³-hybridized carbons (Fsp3) is 0.444. The minimum atomic E-state index is -0.117. The van der Waals surface area contributed by atoms with Crippen LogP contribution in [0, 0.1) is 0 Å². The number of aliphatic hydroxyl groups is 1. The van der Waals surface area contributed by atoms with Crippen LogP contribution in [-0.4, -0.2) is 27.3 Å². The molecule has 5 heteroatoms. The van der Waals surface area contributed by atoms with E-state index in [0.29, 0.717) is 18.3 Å². The van der Waals surface area contributed by atoms with Crippen LogP contribution in [0.25, 0.3) is 0 Å². The van der Waals surface area contributed by atoms with Crippen LogP contribution in [0.5, 0.6) is 0 Å². The van der Waals surface area contributed by atoms with Crippen molar-refractivity contribution in [2.75, 3.05) is 6.54 Å². The van der Waals surface area contributed by atoms with Gasteiger partial charge in [0.1, 0.15) is 5.69 Å². The largest absolute Gasteiger partial charge is 0.392 e. The van der Waals surface area contributed by atoms with E-state index in [0.717, 1.165) is 30.4 Å². The third kappa shape index (κ3) is 3.99. The summed E-state index contributed by atoms with van der Waals surface area (Å²) in [6.07, 6.45) is 7.50. The molecule has 0 bridgehead atoms. The Kier molecular flexibility index (Phi) is 5.08. The van der Waals surface area contributed by atoms with E-state index in [1.54, 1.807) is 6.07 Å². The van der Waals surface area contributed by atoms with Gasteiger partial charge in [0.05, 0.1) is 12.6 Å². The van der Waals surface area contributed by atoms with Crippen molar-refractivity contribution in [1.29, 1.82) is 0 Å². The molecular weight excluding hydrogens is 290 g/mol. The van der Waals surface area contributed by atoms with E-state index in [4.69, 9.17) is 5.11 Å². The molecule has 3 rings (SSSR count). The fourth-order valence-corrected chi connectivity index (χ4v) is 3.05. The van der Waals surface area contributed by atoms with Crippen molar-refractivity contribution in [2.45, 2.75) is 44.8 Å². The van der Waals surface area contributed by atoms with Gasteiger partial charge in [0.25, 0.3) is 5.91 Å². The van der Waals surface area contributed by atoms with Gasteiger partial charge in [0.2, 0.25) is 0 Å². The summed E-state index contributed by atoms with van der Waals surface area (Å²) in [6.45, 7) is 0.633. The van der Waals surface area contributed by atoms with Gasteiger partial charge in [-0.05, 0) is 36.5 Å². The Bertz CT molecular complexity index is 643. The maximum Gasteiger partial charge on any atom is 0.271 e. The Balaban J connectivity index is 1.48. The normalized spacial score (nSPS) is 15.0. The predicted octanol–water partition coefficient (Wildman–Crippen LogP) is 2.46. The maximum absolute atomic E-state index is 12.1. The summed E-state index contributed by atoms with van der Waals surface area (Å²) in [4.78, 5) is 12.1. The molecule has 5 nitrogen and oxygen atoms in total. The van der Waals surface area contributed by atoms with Gasteiger partial charge in [0.15, 0.2) is 0 Å². The highest BCUT2D eigenvalue weighted by Gasteiger charge is 2.18. The van der Waals surface area contributed by atoms with Crippen molar-refractivity contribution in [3.8, 4) is 0 Å². The highest BCUT2D eigenvalue weighted by molar-refractivity contribution is 5.92. The molecule has 0 saturated heterocycles. The van der Waals surface area contributed by atoms with Gasteiger partial charge >= 0.3 is 0 Å². The van der Waals surface area contributed by atoms with Crippen LogP contribution in [0.4, 0.5) is 0 Å². The van der Waals surface area contributed by atoms with Crippen molar-refractivity contribution >= 4 is 5.91 Å². The smallest absolute Gasteiger partial charge is 0.271 e. The SMILES string of the molecule is O=C(NCCc1ccc(CO)cc1)c1ccn(C2CCCC2)n1. The van der Waals surface area contributed by atoms with E-state index in [9.17, 15) is 4.79 Å². The summed E-state index contributed by atoms with van der Waals surface area (Å²) in [7, 11) is 0. The number of hydrogen-bond acceptors (Lipinski definition) is 3. The zero-order chi connectivity index (χ0) is 16.1. The molecule has 1 aliphatic carbocycles. The lowest BCUT2D eigenvalue weighted by Gasteiger charge is -2.09. The third-order valence-electron chi connectivity index (χ3n) is 4.44. The first kappa shape index (κ1) is 15.7. The lowest BCUT2D eigenvalue weighted by atomic mass is 10.1. The first-order valence-electron chi connectivity index (χ1n) is 8.28. The lowest BCUT2D eigenvalue weighted by molar-refractivity contribution is 0.0948. The first-order chi connectivity index (χ1) is 11.3. The Hall–Kier alpha value is -2.14. The van der Waals surface area contributed by atoms with Crippen LogP contribution in [0.1, 0.15) is 53.3 Å². The third-order valence-corrected chi connectivity index (χ3v) is 4.44. The van der Waals surface area contributed by atoms with E-state index in [1.807, 2.05) is 35.1 Å². The zero-order valence-electron chi connectivity index (χ0n) is 13.2. The second-order valence-corrected chi connectivity index (χ2v) is 6.10. The summed E-state index contributed by atoms with van der Waals surface area (Å²) in [5.74, 6) is -0.117. The van der Waals surface area contributed by atoms with Crippen LogP contribution in [0.3, 0.4) is 0 Å². The van der Waals surface area contributed by atoms with Crippen LogP contribution < -0.4 is 5.32 Å². The van der Waals surface area contributed by atoms with E-state index in [2.05, 4.69) is 10.4 Å². The van der Waals surface area contributed by atoms with E-state index >= 15 is 0 Å². The highest BCUT2D eigenvalue weighted by atomic mass is 16.3. The zero-order valence-corrected chi connectivity index (χ0v) is 13.2. The van der Waals surface area contributed by atoms with E-state index in [-0.39, 0.29) is 12.5 Å². The van der Waals surface area contributed by atoms with Crippen molar-refractivity contribution in [3.63, 3.8) is 0 Å². The Labute approximate surface area is 136 Å². The quantitative estimate of drug-likeness (QED) is 0.861. The number of aliphatic hydroxyl groups excluding tert-OH is 1. The van der Waals surface area contributed by atoms with Gasteiger partial charge in [-0.3, -0.25) is 9.48 Å². The molecule has 0 atom stereocenters. The molecule has 0 aliphatic heterocycles. The molecule has 2 aromatic rings. The van der Waals surface area contributed by atoms with Crippen LogP contribution >= 0.6 is 0 Å². The van der Waals surface area contributed by atoms with E-state index < -0.39 is 0 Å². The number of rotatable bonds is 6. The molecule has 1 aromatic heterocycles. The topological polar surface area (TPSA) is 67.2 Å². The molecule has 1 aliphatic rings. The summed E-state index contributed by atoms with van der Waals surface area (Å²) in [5.41, 5.74) is 2.53.